The van der Waals surface area contributed by atoms with Crippen LogP contribution in [0.4, 0.5) is 0 Å². The van der Waals surface area contributed by atoms with Crippen LogP contribution in [-0.2, 0) is 6.42 Å². The Morgan fingerprint density at radius 1 is 0.818 bits per heavy atom. The summed E-state index contributed by atoms with van der Waals surface area (Å²) >= 11 is 0. The Kier molecular flexibility index (Phi) is 5.12. The molecule has 0 N–H and O–H groups in total. The predicted molar refractivity (Wildman–Crippen MR) is 140 cm³/mol. The van der Waals surface area contributed by atoms with E-state index < -0.39 is 0 Å². The number of aromatic nitrogens is 1. The van der Waals surface area contributed by atoms with Gasteiger partial charge in [-0.2, -0.15) is 0 Å². The second kappa shape index (κ2) is 7.88. The number of hydrogen-bond donors (Lipinski definition) is 0. The minimum absolute atomic E-state index is 0.227. The van der Waals surface area contributed by atoms with Gasteiger partial charge in [0.05, 0.1) is 5.69 Å². The molecule has 33 heavy (non-hydrogen) atoms. The molecule has 2 heteroatoms. The van der Waals surface area contributed by atoms with E-state index in [0.717, 1.165) is 34.2 Å². The predicted octanol–water partition coefficient (Wildman–Crippen LogP) is 8.83. The fraction of sp³-hybridized carbons (Fsp3) is 0.258. The van der Waals surface area contributed by atoms with Crippen molar-refractivity contribution >= 4 is 21.9 Å². The Balaban J connectivity index is 1.70. The Morgan fingerprint density at radius 2 is 1.58 bits per heavy atom. The Bertz CT molecular complexity index is 1480. The first-order chi connectivity index (χ1) is 15.7. The molecule has 0 aliphatic rings. The van der Waals surface area contributed by atoms with Gasteiger partial charge in [0.1, 0.15) is 11.2 Å². The van der Waals surface area contributed by atoms with Crippen molar-refractivity contribution in [1.82, 2.24) is 4.98 Å². The molecule has 0 aliphatic heterocycles. The maximum atomic E-state index is 6.56. The summed E-state index contributed by atoms with van der Waals surface area (Å²) in [6.07, 6.45) is 2.93. The molecule has 0 saturated carbocycles. The lowest BCUT2D eigenvalue weighted by molar-refractivity contribution is 0.411. The van der Waals surface area contributed by atoms with Crippen molar-refractivity contribution in [2.24, 2.45) is 5.41 Å². The number of hydrogen-bond acceptors (Lipinski definition) is 2. The second-order valence-corrected chi connectivity index (χ2v) is 10.5. The molecular weight excluding hydrogens is 402 g/mol. The molecular formula is C31H31NO. The smallest absolute Gasteiger partial charge is 0.145 e. The number of rotatable bonds is 3. The van der Waals surface area contributed by atoms with Crippen molar-refractivity contribution in [3.63, 3.8) is 0 Å². The highest BCUT2D eigenvalue weighted by Gasteiger charge is 2.18. The summed E-state index contributed by atoms with van der Waals surface area (Å²) in [7, 11) is 0. The molecule has 0 fully saturated rings. The molecule has 2 nitrogen and oxygen atoms in total. The number of fused-ring (bicyclic) bond motifs is 3. The molecule has 0 spiro atoms. The van der Waals surface area contributed by atoms with Crippen molar-refractivity contribution in [1.29, 1.82) is 0 Å². The van der Waals surface area contributed by atoms with Gasteiger partial charge < -0.3 is 4.42 Å². The lowest BCUT2D eigenvalue weighted by Crippen LogP contribution is -2.09. The maximum Gasteiger partial charge on any atom is 0.145 e. The zero-order valence-electron chi connectivity index (χ0n) is 20.4. The summed E-state index contributed by atoms with van der Waals surface area (Å²) in [4.78, 5) is 4.72. The molecule has 0 amide bonds. The highest BCUT2D eigenvalue weighted by Crippen LogP contribution is 2.39. The molecule has 3 aromatic carbocycles. The van der Waals surface area contributed by atoms with E-state index in [1.165, 1.54) is 38.8 Å². The van der Waals surface area contributed by atoms with Crippen molar-refractivity contribution in [2.75, 3.05) is 0 Å². The Hall–Kier alpha value is -3.39. The molecule has 166 valence electrons. The van der Waals surface area contributed by atoms with Crippen LogP contribution in [0.25, 0.3) is 44.3 Å². The van der Waals surface area contributed by atoms with Gasteiger partial charge in [-0.05, 0) is 96.3 Å². The van der Waals surface area contributed by atoms with Gasteiger partial charge in [0, 0.05) is 22.5 Å². The third-order valence-electron chi connectivity index (χ3n) is 6.43. The van der Waals surface area contributed by atoms with Crippen LogP contribution in [-0.4, -0.2) is 4.98 Å². The van der Waals surface area contributed by atoms with Crippen LogP contribution in [0.1, 0.15) is 43.0 Å². The van der Waals surface area contributed by atoms with Crippen molar-refractivity contribution < 1.29 is 4.42 Å². The van der Waals surface area contributed by atoms with Crippen LogP contribution >= 0.6 is 0 Å². The number of furan rings is 1. The normalized spacial score (nSPS) is 12.1. The van der Waals surface area contributed by atoms with Crippen LogP contribution in [0, 0.1) is 26.2 Å². The first kappa shape index (κ1) is 21.5. The fourth-order valence-corrected chi connectivity index (χ4v) is 5.02. The molecule has 0 bridgehead atoms. The van der Waals surface area contributed by atoms with Crippen LogP contribution < -0.4 is 0 Å². The summed E-state index contributed by atoms with van der Waals surface area (Å²) < 4.78 is 6.56. The third-order valence-corrected chi connectivity index (χ3v) is 6.43. The van der Waals surface area contributed by atoms with Gasteiger partial charge in [-0.3, -0.25) is 4.98 Å². The molecule has 0 aliphatic carbocycles. The first-order valence-corrected chi connectivity index (χ1v) is 11.7. The SMILES string of the molecule is Cc1cccc(C)c1-c1ccc2c(c1)oc1c(-c3cc(CC(C)(C)C)ccn3)ccc(C)c12. The molecule has 0 radical (unpaired) electrons. The van der Waals surface area contributed by atoms with E-state index in [-0.39, 0.29) is 5.41 Å². The van der Waals surface area contributed by atoms with Crippen LogP contribution in [0.2, 0.25) is 0 Å². The summed E-state index contributed by atoms with van der Waals surface area (Å²) in [5, 5.41) is 2.34. The summed E-state index contributed by atoms with van der Waals surface area (Å²) in [6.45, 7) is 13.3. The van der Waals surface area contributed by atoms with Crippen molar-refractivity contribution in [3.8, 4) is 22.4 Å². The zero-order valence-corrected chi connectivity index (χ0v) is 20.4. The number of aryl methyl sites for hydroxylation is 3. The molecule has 2 heterocycles. The standard InChI is InChI=1S/C31H31NO/c1-19-8-7-9-20(2)28(19)23-11-13-25-27(17-23)33-30-24(12-10-21(3)29(25)30)26-16-22(14-15-32-26)18-31(4,5)6/h7-17H,18H2,1-6H3. The van der Waals surface area contributed by atoms with Crippen molar-refractivity contribution in [2.45, 2.75) is 48.0 Å². The van der Waals surface area contributed by atoms with Gasteiger partial charge in [-0.25, -0.2) is 0 Å². The number of nitrogens with zero attached hydrogens (tertiary/aromatic N) is 1. The number of benzene rings is 3. The lowest BCUT2D eigenvalue weighted by atomic mass is 9.88. The zero-order chi connectivity index (χ0) is 23.3. The summed E-state index contributed by atoms with van der Waals surface area (Å²) in [5.41, 5.74) is 11.7. The van der Waals surface area contributed by atoms with Crippen molar-refractivity contribution in [3.05, 3.63) is 89.1 Å². The minimum atomic E-state index is 0.227. The first-order valence-electron chi connectivity index (χ1n) is 11.7. The largest absolute Gasteiger partial charge is 0.455 e. The Morgan fingerprint density at radius 3 is 2.30 bits per heavy atom. The highest BCUT2D eigenvalue weighted by molar-refractivity contribution is 6.11. The van der Waals surface area contributed by atoms with Gasteiger partial charge in [0.15, 0.2) is 0 Å². The third kappa shape index (κ3) is 3.95. The summed E-state index contributed by atoms with van der Waals surface area (Å²) in [6, 6.07) is 21.7. The molecule has 5 aromatic rings. The molecule has 2 aromatic heterocycles. The average molecular weight is 434 g/mol. The van der Waals surface area contributed by atoms with Crippen LogP contribution in [0.5, 0.6) is 0 Å². The maximum absolute atomic E-state index is 6.56. The van der Waals surface area contributed by atoms with Crippen LogP contribution in [0.3, 0.4) is 0 Å². The minimum Gasteiger partial charge on any atom is -0.455 e. The fourth-order valence-electron chi connectivity index (χ4n) is 5.02. The topological polar surface area (TPSA) is 26.0 Å². The van der Waals surface area contributed by atoms with E-state index in [0.29, 0.717) is 0 Å². The van der Waals surface area contributed by atoms with E-state index in [2.05, 4.69) is 102 Å². The molecule has 0 unspecified atom stereocenters. The van der Waals surface area contributed by atoms with E-state index >= 15 is 0 Å². The number of pyridine rings is 1. The molecule has 5 rings (SSSR count). The van der Waals surface area contributed by atoms with Crippen LogP contribution in [0.15, 0.2) is 71.3 Å². The highest BCUT2D eigenvalue weighted by atomic mass is 16.3. The van der Waals surface area contributed by atoms with E-state index in [1.807, 2.05) is 6.20 Å². The van der Waals surface area contributed by atoms with Gasteiger partial charge in [0.25, 0.3) is 0 Å². The van der Waals surface area contributed by atoms with E-state index in [4.69, 9.17) is 9.40 Å². The van der Waals surface area contributed by atoms with E-state index in [1.54, 1.807) is 0 Å². The van der Waals surface area contributed by atoms with E-state index in [9.17, 15) is 0 Å². The summed E-state index contributed by atoms with van der Waals surface area (Å²) in [5.74, 6) is 0. The monoisotopic (exact) mass is 433 g/mol. The van der Waals surface area contributed by atoms with Gasteiger partial charge in [-0.1, -0.05) is 51.1 Å². The van der Waals surface area contributed by atoms with Gasteiger partial charge in [-0.15, -0.1) is 0 Å². The Labute approximate surface area is 196 Å². The molecule has 0 saturated heterocycles. The average Bonchev–Trinajstić information content (AvgIpc) is 3.12. The second-order valence-electron chi connectivity index (χ2n) is 10.5. The molecule has 0 atom stereocenters. The quantitative estimate of drug-likeness (QED) is 0.284. The van der Waals surface area contributed by atoms with Gasteiger partial charge >= 0.3 is 0 Å². The lowest BCUT2D eigenvalue weighted by Gasteiger charge is -2.18. The van der Waals surface area contributed by atoms with Gasteiger partial charge in [0.2, 0.25) is 0 Å².